The second-order valence-corrected chi connectivity index (χ2v) is 7.63. The summed E-state index contributed by atoms with van der Waals surface area (Å²) in [5.41, 5.74) is 2.17. The highest BCUT2D eigenvalue weighted by molar-refractivity contribution is 5.96. The van der Waals surface area contributed by atoms with Gasteiger partial charge < -0.3 is 10.2 Å². The summed E-state index contributed by atoms with van der Waals surface area (Å²) in [5.74, 6) is 0.851. The first-order chi connectivity index (χ1) is 9.77. The third-order valence-corrected chi connectivity index (χ3v) is 6.24. The van der Waals surface area contributed by atoms with Crippen LogP contribution in [-0.4, -0.2) is 25.9 Å². The van der Waals surface area contributed by atoms with Gasteiger partial charge in [-0.1, -0.05) is 20.8 Å². The monoisotopic (exact) mass is 286 g/mol. The SMILES string of the molecule is CN(C)c1ccc(NC2C(=O)C3(C)CCC2C3(C)C)cc1. The van der Waals surface area contributed by atoms with Gasteiger partial charge in [-0.25, -0.2) is 0 Å². The van der Waals surface area contributed by atoms with Gasteiger partial charge in [0.25, 0.3) is 0 Å². The smallest absolute Gasteiger partial charge is 0.161 e. The Morgan fingerprint density at radius 3 is 2.24 bits per heavy atom. The fraction of sp³-hybridized carbons (Fsp3) is 0.611. The highest BCUT2D eigenvalue weighted by Gasteiger charge is 2.66. The number of carbonyl (C=O) groups excluding carboxylic acids is 1. The molecule has 0 spiro atoms. The zero-order valence-corrected chi connectivity index (χ0v) is 13.7. The van der Waals surface area contributed by atoms with Crippen LogP contribution in [0.2, 0.25) is 0 Å². The van der Waals surface area contributed by atoms with E-state index < -0.39 is 0 Å². The molecule has 0 saturated heterocycles. The van der Waals surface area contributed by atoms with Gasteiger partial charge in [-0.05, 0) is 48.4 Å². The van der Waals surface area contributed by atoms with E-state index in [-0.39, 0.29) is 16.9 Å². The molecule has 1 aromatic carbocycles. The van der Waals surface area contributed by atoms with Crippen LogP contribution in [0.4, 0.5) is 11.4 Å². The van der Waals surface area contributed by atoms with Crippen molar-refractivity contribution in [2.24, 2.45) is 16.7 Å². The van der Waals surface area contributed by atoms with Crippen LogP contribution in [0.1, 0.15) is 33.6 Å². The van der Waals surface area contributed by atoms with E-state index in [1.54, 1.807) is 0 Å². The number of nitrogens with one attached hydrogen (secondary N) is 1. The van der Waals surface area contributed by atoms with Crippen LogP contribution in [0.25, 0.3) is 0 Å². The number of rotatable bonds is 3. The first-order valence-electron chi connectivity index (χ1n) is 7.85. The number of ketones is 1. The van der Waals surface area contributed by atoms with E-state index in [1.165, 1.54) is 5.69 Å². The Morgan fingerprint density at radius 1 is 1.14 bits per heavy atom. The molecule has 3 unspecified atom stereocenters. The van der Waals surface area contributed by atoms with Crippen molar-refractivity contribution in [3.63, 3.8) is 0 Å². The lowest BCUT2D eigenvalue weighted by Gasteiger charge is -2.32. The molecule has 21 heavy (non-hydrogen) atoms. The van der Waals surface area contributed by atoms with Crippen LogP contribution in [0.3, 0.4) is 0 Å². The van der Waals surface area contributed by atoms with Crippen molar-refractivity contribution >= 4 is 17.2 Å². The summed E-state index contributed by atoms with van der Waals surface area (Å²) >= 11 is 0. The third-order valence-electron chi connectivity index (χ3n) is 6.24. The van der Waals surface area contributed by atoms with Crippen molar-refractivity contribution in [3.8, 4) is 0 Å². The van der Waals surface area contributed by atoms with E-state index in [0.717, 1.165) is 18.5 Å². The highest BCUT2D eigenvalue weighted by atomic mass is 16.1. The number of nitrogens with zero attached hydrogens (tertiary/aromatic N) is 1. The standard InChI is InChI=1S/C18H26N2O/c1-17(2)14-10-11-18(17,3)16(21)15(14)19-12-6-8-13(9-7-12)20(4)5/h6-9,14-15,19H,10-11H2,1-5H3. The van der Waals surface area contributed by atoms with Crippen LogP contribution < -0.4 is 10.2 Å². The molecule has 2 saturated carbocycles. The van der Waals surface area contributed by atoms with Crippen molar-refractivity contribution < 1.29 is 4.79 Å². The topological polar surface area (TPSA) is 32.3 Å². The lowest BCUT2D eigenvalue weighted by molar-refractivity contribution is -0.128. The zero-order chi connectivity index (χ0) is 15.4. The van der Waals surface area contributed by atoms with E-state index in [0.29, 0.717) is 11.7 Å². The van der Waals surface area contributed by atoms with Crippen molar-refractivity contribution in [2.75, 3.05) is 24.3 Å². The lowest BCUT2D eigenvalue weighted by Crippen LogP contribution is -2.38. The van der Waals surface area contributed by atoms with Crippen LogP contribution in [0, 0.1) is 16.7 Å². The molecule has 0 aromatic heterocycles. The second kappa shape index (κ2) is 4.49. The molecule has 3 heteroatoms. The summed E-state index contributed by atoms with van der Waals surface area (Å²) in [6.07, 6.45) is 2.20. The van der Waals surface area contributed by atoms with Crippen molar-refractivity contribution in [2.45, 2.75) is 39.7 Å². The average Bonchev–Trinajstić information content (AvgIpc) is 2.74. The molecule has 114 valence electrons. The molecule has 0 heterocycles. The van der Waals surface area contributed by atoms with Gasteiger partial charge in [0.05, 0.1) is 6.04 Å². The molecule has 0 radical (unpaired) electrons. The fourth-order valence-electron chi connectivity index (χ4n) is 4.29. The van der Waals surface area contributed by atoms with Crippen molar-refractivity contribution in [1.29, 1.82) is 0 Å². The fourth-order valence-corrected chi connectivity index (χ4v) is 4.29. The molecule has 1 aromatic rings. The van der Waals surface area contributed by atoms with Crippen LogP contribution in [-0.2, 0) is 4.79 Å². The van der Waals surface area contributed by atoms with Crippen LogP contribution in [0.5, 0.6) is 0 Å². The molecule has 2 bridgehead atoms. The minimum atomic E-state index is -0.154. The van der Waals surface area contributed by atoms with E-state index in [1.807, 2.05) is 14.1 Å². The highest BCUT2D eigenvalue weighted by Crippen LogP contribution is 2.63. The van der Waals surface area contributed by atoms with E-state index in [2.05, 4.69) is 55.3 Å². The Kier molecular flexibility index (Phi) is 3.09. The Bertz CT molecular complexity index is 561. The number of hydrogen-bond donors (Lipinski definition) is 1. The number of carbonyl (C=O) groups is 1. The van der Waals surface area contributed by atoms with Crippen molar-refractivity contribution in [3.05, 3.63) is 24.3 Å². The molecule has 2 fully saturated rings. The summed E-state index contributed by atoms with van der Waals surface area (Å²) in [4.78, 5) is 14.9. The molecule has 3 rings (SSSR count). The molecular formula is C18H26N2O. The summed E-state index contributed by atoms with van der Waals surface area (Å²) in [6.45, 7) is 6.69. The Labute approximate surface area is 127 Å². The van der Waals surface area contributed by atoms with Gasteiger partial charge in [0.15, 0.2) is 5.78 Å². The molecule has 0 amide bonds. The predicted octanol–water partition coefficient (Wildman–Crippen LogP) is 3.56. The minimum absolute atomic E-state index is 0.0241. The summed E-state index contributed by atoms with van der Waals surface area (Å²) < 4.78 is 0. The first-order valence-corrected chi connectivity index (χ1v) is 7.85. The lowest BCUT2D eigenvalue weighted by atomic mass is 9.70. The Morgan fingerprint density at radius 2 is 1.76 bits per heavy atom. The summed E-state index contributed by atoms with van der Waals surface area (Å²) in [6, 6.07) is 8.30. The van der Waals surface area contributed by atoms with Gasteiger partial charge in [0.1, 0.15) is 0 Å². The molecular weight excluding hydrogens is 260 g/mol. The van der Waals surface area contributed by atoms with Gasteiger partial charge in [-0.15, -0.1) is 0 Å². The average molecular weight is 286 g/mol. The van der Waals surface area contributed by atoms with E-state index in [4.69, 9.17) is 0 Å². The van der Waals surface area contributed by atoms with Crippen molar-refractivity contribution in [1.82, 2.24) is 0 Å². The third kappa shape index (κ3) is 1.90. The second-order valence-electron chi connectivity index (χ2n) is 7.63. The molecule has 1 N–H and O–H groups in total. The normalized spacial score (nSPS) is 33.3. The first kappa shape index (κ1) is 14.4. The predicted molar refractivity (Wildman–Crippen MR) is 87.8 cm³/mol. The summed E-state index contributed by atoms with van der Waals surface area (Å²) in [5, 5.41) is 3.50. The molecule has 0 aliphatic heterocycles. The quantitative estimate of drug-likeness (QED) is 0.922. The summed E-state index contributed by atoms with van der Waals surface area (Å²) in [7, 11) is 4.07. The Balaban J connectivity index is 1.82. The minimum Gasteiger partial charge on any atom is -0.378 e. The molecule has 2 aliphatic carbocycles. The van der Waals surface area contributed by atoms with Gasteiger partial charge in [-0.2, -0.15) is 0 Å². The number of Topliss-reactive ketones (excluding diaryl/α,β-unsaturated/α-hetero) is 1. The maximum atomic E-state index is 12.8. The van der Waals surface area contributed by atoms with Gasteiger partial charge in [0.2, 0.25) is 0 Å². The van der Waals surface area contributed by atoms with Crippen LogP contribution in [0.15, 0.2) is 24.3 Å². The molecule has 3 nitrogen and oxygen atoms in total. The largest absolute Gasteiger partial charge is 0.378 e. The number of hydrogen-bond acceptors (Lipinski definition) is 3. The van der Waals surface area contributed by atoms with E-state index >= 15 is 0 Å². The zero-order valence-electron chi connectivity index (χ0n) is 13.7. The maximum absolute atomic E-state index is 12.8. The molecule has 2 aliphatic rings. The van der Waals surface area contributed by atoms with Gasteiger partial charge >= 0.3 is 0 Å². The maximum Gasteiger partial charge on any atom is 0.161 e. The molecule has 3 atom stereocenters. The Hall–Kier alpha value is -1.51. The van der Waals surface area contributed by atoms with Gasteiger partial charge in [0, 0.05) is 30.9 Å². The number of anilines is 2. The van der Waals surface area contributed by atoms with Crippen LogP contribution >= 0.6 is 0 Å². The number of fused-ring (bicyclic) bond motifs is 2. The number of benzene rings is 1. The van der Waals surface area contributed by atoms with E-state index in [9.17, 15) is 4.79 Å². The van der Waals surface area contributed by atoms with Gasteiger partial charge in [-0.3, -0.25) is 4.79 Å².